The van der Waals surface area contributed by atoms with Crippen molar-refractivity contribution < 1.29 is 28.7 Å². The van der Waals surface area contributed by atoms with E-state index in [9.17, 15) is 19.2 Å². The molecule has 4 aromatic rings. The lowest BCUT2D eigenvalue weighted by Crippen LogP contribution is -2.51. The number of amides is 4. The number of nitrogens with one attached hydrogen (secondary N) is 4. The lowest BCUT2D eigenvalue weighted by molar-refractivity contribution is -0.135. The Labute approximate surface area is 326 Å². The lowest BCUT2D eigenvalue weighted by atomic mass is 10.0. The SMILES string of the molecule is C=CC[C@H](NC(=O)OC)C(=O)N1CCC[C@H]1c1ncc(-c2ccc(C#Cc3ccc(-c4cnc([C@@H]5CCCN5C(=O)[C@@H](NC(=O)OC)C(C)C)[nH]4)cc3)cc2)[nH]1. The normalized spacial score (nSPS) is 17.4. The number of nitrogens with zero attached hydrogens (tertiary/aromatic N) is 4. The number of likely N-dealkylation sites (tertiary alicyclic amines) is 2. The Hall–Kier alpha value is -6.36. The molecule has 4 amide bonds. The number of alkyl carbamates (subject to hydrolysis) is 2. The maximum Gasteiger partial charge on any atom is 0.407 e. The minimum Gasteiger partial charge on any atom is -0.453 e. The maximum atomic E-state index is 13.5. The average molecular weight is 761 g/mol. The molecule has 0 spiro atoms. The van der Waals surface area contributed by atoms with E-state index >= 15 is 0 Å². The third-order valence-corrected chi connectivity index (χ3v) is 10.2. The number of benzene rings is 2. The first-order chi connectivity index (χ1) is 27.1. The molecule has 4 N–H and O–H groups in total. The van der Waals surface area contributed by atoms with Gasteiger partial charge in [0.25, 0.3) is 0 Å². The van der Waals surface area contributed by atoms with Gasteiger partial charge in [0.05, 0.1) is 50.1 Å². The zero-order chi connectivity index (χ0) is 39.8. The van der Waals surface area contributed by atoms with E-state index in [0.717, 1.165) is 59.3 Å². The van der Waals surface area contributed by atoms with Crippen LogP contribution in [0.5, 0.6) is 0 Å². The Morgan fingerprint density at radius 3 is 1.70 bits per heavy atom. The first kappa shape index (κ1) is 39.3. The molecule has 2 aromatic carbocycles. The van der Waals surface area contributed by atoms with Crippen LogP contribution in [0.1, 0.15) is 80.8 Å². The summed E-state index contributed by atoms with van der Waals surface area (Å²) in [5.41, 5.74) is 5.26. The van der Waals surface area contributed by atoms with Crippen molar-refractivity contribution in [3.8, 4) is 34.4 Å². The lowest BCUT2D eigenvalue weighted by Gasteiger charge is -2.30. The van der Waals surface area contributed by atoms with E-state index in [0.29, 0.717) is 31.2 Å². The number of imidazole rings is 2. The van der Waals surface area contributed by atoms with Crippen LogP contribution in [0, 0.1) is 17.8 Å². The fourth-order valence-corrected chi connectivity index (χ4v) is 7.21. The van der Waals surface area contributed by atoms with E-state index in [-0.39, 0.29) is 29.8 Å². The van der Waals surface area contributed by atoms with Gasteiger partial charge in [-0.3, -0.25) is 9.59 Å². The van der Waals surface area contributed by atoms with Gasteiger partial charge < -0.3 is 39.9 Å². The van der Waals surface area contributed by atoms with Gasteiger partial charge in [-0.05, 0) is 73.4 Å². The molecule has 0 aliphatic carbocycles. The van der Waals surface area contributed by atoms with Crippen LogP contribution in [-0.2, 0) is 19.1 Å². The molecule has 2 fully saturated rings. The molecule has 0 saturated carbocycles. The first-order valence-corrected chi connectivity index (χ1v) is 18.8. The minimum absolute atomic E-state index is 0.108. The molecule has 292 valence electrons. The quantitative estimate of drug-likeness (QED) is 0.108. The highest BCUT2D eigenvalue weighted by atomic mass is 16.5. The van der Waals surface area contributed by atoms with Crippen LogP contribution in [0.15, 0.2) is 73.6 Å². The average Bonchev–Trinajstić information content (AvgIpc) is 4.05. The summed E-state index contributed by atoms with van der Waals surface area (Å²) < 4.78 is 9.45. The summed E-state index contributed by atoms with van der Waals surface area (Å²) in [6.45, 7) is 8.67. The summed E-state index contributed by atoms with van der Waals surface area (Å²) in [5, 5.41) is 5.30. The third kappa shape index (κ3) is 8.94. The molecule has 2 aliphatic heterocycles. The van der Waals surface area contributed by atoms with Gasteiger partial charge in [-0.1, -0.05) is 56.0 Å². The Morgan fingerprint density at radius 1 is 0.786 bits per heavy atom. The van der Waals surface area contributed by atoms with Gasteiger partial charge in [0, 0.05) is 24.2 Å². The zero-order valence-corrected chi connectivity index (χ0v) is 32.1. The second-order valence-corrected chi connectivity index (χ2v) is 14.2. The number of hydrogen-bond donors (Lipinski definition) is 4. The van der Waals surface area contributed by atoms with Crippen molar-refractivity contribution in [2.75, 3.05) is 27.3 Å². The van der Waals surface area contributed by atoms with Crippen molar-refractivity contribution in [1.82, 2.24) is 40.4 Å². The molecule has 0 unspecified atom stereocenters. The molecule has 0 bridgehead atoms. The Kier molecular flexibility index (Phi) is 12.5. The van der Waals surface area contributed by atoms with Crippen molar-refractivity contribution in [1.29, 1.82) is 0 Å². The largest absolute Gasteiger partial charge is 0.453 e. The first-order valence-electron chi connectivity index (χ1n) is 18.8. The van der Waals surface area contributed by atoms with Crippen molar-refractivity contribution in [3.63, 3.8) is 0 Å². The molecule has 4 atom stereocenters. The van der Waals surface area contributed by atoms with Crippen LogP contribution in [0.3, 0.4) is 0 Å². The Morgan fingerprint density at radius 2 is 1.25 bits per heavy atom. The summed E-state index contributed by atoms with van der Waals surface area (Å²) in [7, 11) is 2.55. The molecular weight excluding hydrogens is 713 g/mol. The number of ether oxygens (including phenoxy) is 2. The van der Waals surface area contributed by atoms with E-state index < -0.39 is 24.3 Å². The summed E-state index contributed by atoms with van der Waals surface area (Å²) >= 11 is 0. The topological polar surface area (TPSA) is 175 Å². The number of hydrogen-bond acceptors (Lipinski definition) is 8. The predicted molar refractivity (Wildman–Crippen MR) is 210 cm³/mol. The number of rotatable bonds is 11. The van der Waals surface area contributed by atoms with E-state index in [4.69, 9.17) is 9.47 Å². The molecule has 0 radical (unpaired) electrons. The summed E-state index contributed by atoms with van der Waals surface area (Å²) in [5.74, 6) is 7.43. The molecule has 2 aliphatic rings. The number of aromatic nitrogens is 4. The fraction of sp³-hybridized carbons (Fsp3) is 0.381. The van der Waals surface area contributed by atoms with E-state index in [1.54, 1.807) is 28.3 Å². The van der Waals surface area contributed by atoms with Crippen molar-refractivity contribution >= 4 is 24.0 Å². The molecule has 2 aromatic heterocycles. The Balaban J connectivity index is 1.07. The van der Waals surface area contributed by atoms with Crippen molar-refractivity contribution in [3.05, 3.63) is 96.4 Å². The van der Waals surface area contributed by atoms with Crippen LogP contribution in [0.2, 0.25) is 0 Å². The highest BCUT2D eigenvalue weighted by Crippen LogP contribution is 2.34. The molecular formula is C42H48N8O6. The van der Waals surface area contributed by atoms with Gasteiger partial charge in [0.2, 0.25) is 11.8 Å². The second-order valence-electron chi connectivity index (χ2n) is 14.2. The molecule has 14 nitrogen and oxygen atoms in total. The highest BCUT2D eigenvalue weighted by Gasteiger charge is 2.38. The summed E-state index contributed by atoms with van der Waals surface area (Å²) in [4.78, 5) is 70.3. The fourth-order valence-electron chi connectivity index (χ4n) is 7.21. The summed E-state index contributed by atoms with van der Waals surface area (Å²) in [6.07, 6.45) is 7.36. The van der Waals surface area contributed by atoms with Crippen LogP contribution in [0.25, 0.3) is 22.5 Å². The molecule has 6 rings (SSSR count). The molecule has 4 heterocycles. The van der Waals surface area contributed by atoms with Crippen LogP contribution in [0.4, 0.5) is 9.59 Å². The van der Waals surface area contributed by atoms with Gasteiger partial charge in [-0.2, -0.15) is 0 Å². The van der Waals surface area contributed by atoms with Gasteiger partial charge in [0.1, 0.15) is 23.7 Å². The monoisotopic (exact) mass is 760 g/mol. The van der Waals surface area contributed by atoms with Crippen molar-refractivity contribution in [2.45, 2.75) is 70.1 Å². The molecule has 2 saturated heterocycles. The number of methoxy groups -OCH3 is 2. The summed E-state index contributed by atoms with van der Waals surface area (Å²) in [6, 6.07) is 13.9. The number of H-pyrrole nitrogens is 2. The van der Waals surface area contributed by atoms with E-state index in [1.807, 2.05) is 62.4 Å². The highest BCUT2D eigenvalue weighted by molar-refractivity contribution is 5.87. The molecule has 14 heteroatoms. The molecule has 56 heavy (non-hydrogen) atoms. The Bertz CT molecular complexity index is 2090. The number of aromatic amines is 2. The van der Waals surface area contributed by atoms with Gasteiger partial charge in [-0.25, -0.2) is 19.6 Å². The minimum atomic E-state index is -0.761. The third-order valence-electron chi connectivity index (χ3n) is 10.2. The van der Waals surface area contributed by atoms with Gasteiger partial charge in [-0.15, -0.1) is 6.58 Å². The number of carbonyl (C=O) groups is 4. The smallest absolute Gasteiger partial charge is 0.407 e. The predicted octanol–water partition coefficient (Wildman–Crippen LogP) is 5.87. The van der Waals surface area contributed by atoms with Crippen LogP contribution in [-0.4, -0.2) is 93.1 Å². The van der Waals surface area contributed by atoms with Crippen LogP contribution >= 0.6 is 0 Å². The van der Waals surface area contributed by atoms with Crippen molar-refractivity contribution in [2.24, 2.45) is 5.92 Å². The van der Waals surface area contributed by atoms with Gasteiger partial charge >= 0.3 is 12.2 Å². The zero-order valence-electron chi connectivity index (χ0n) is 32.1. The number of carbonyl (C=O) groups excluding carboxylic acids is 4. The standard InChI is InChI=1S/C42H48N8O6/c1-6-9-31(47-41(53)55-4)39(51)49-22-7-10-34(49)37-43-24-32(45-37)29-18-14-27(15-19-29)12-13-28-16-20-30(21-17-28)33-25-44-38(46-33)35-11-8-23-50(35)40(52)36(26(2)3)48-42(54)56-5/h6,14-21,24-26,31,34-36H,1,7-11,22-23H2,2-5H3,(H,43,45)(H,44,46)(H,47,53)(H,48,54)/t31-,34-,35-,36-/m0/s1. The maximum absolute atomic E-state index is 13.5. The van der Waals surface area contributed by atoms with E-state index in [2.05, 4.69) is 49.0 Å². The van der Waals surface area contributed by atoms with Crippen LogP contribution < -0.4 is 10.6 Å². The van der Waals surface area contributed by atoms with Gasteiger partial charge in [0.15, 0.2) is 0 Å². The van der Waals surface area contributed by atoms with E-state index in [1.165, 1.54) is 14.2 Å². The second kappa shape index (κ2) is 17.9.